The minimum Gasteiger partial charge on any atom is -0.481 e. The lowest BCUT2D eigenvalue weighted by Gasteiger charge is -2.42. The Labute approximate surface area is 206 Å². The molecule has 2 unspecified atom stereocenters. The van der Waals surface area contributed by atoms with Crippen molar-refractivity contribution in [2.45, 2.75) is 42.7 Å². The molecular weight excluding hydrogens is 498 g/mol. The zero-order valence-corrected chi connectivity index (χ0v) is 20.1. The molecule has 3 rings (SSSR count). The molecule has 2 atom stereocenters. The molecule has 0 radical (unpaired) electrons. The van der Waals surface area contributed by atoms with Gasteiger partial charge in [-0.05, 0) is 37.1 Å². The Morgan fingerprint density at radius 1 is 1.17 bits per heavy atom. The Kier molecular flexibility index (Phi) is 7.92. The van der Waals surface area contributed by atoms with Crippen LogP contribution < -0.4 is 10.7 Å². The van der Waals surface area contributed by atoms with Gasteiger partial charge in [0.1, 0.15) is 12.3 Å². The van der Waals surface area contributed by atoms with Crippen molar-refractivity contribution in [1.82, 2.24) is 25.8 Å². The van der Waals surface area contributed by atoms with Gasteiger partial charge in [-0.3, -0.25) is 24.6 Å². The number of rotatable bonds is 8. The molecule has 2 aliphatic heterocycles. The number of fused-ring (bicyclic) bond motifs is 1. The SMILES string of the molecule is CS(=O)(=O)c1ccc(C(=O)NN2CCC(=O)N3CCCC(C(=O)NC(C=O)CC(=O)O)N3C2=O)cc1. The van der Waals surface area contributed by atoms with E-state index in [0.717, 1.165) is 21.3 Å². The largest absolute Gasteiger partial charge is 0.481 e. The summed E-state index contributed by atoms with van der Waals surface area (Å²) in [5.41, 5.74) is 2.44. The number of amides is 5. The third-order valence-corrected chi connectivity index (χ3v) is 6.77. The van der Waals surface area contributed by atoms with Gasteiger partial charge in [-0.25, -0.2) is 28.2 Å². The highest BCUT2D eigenvalue weighted by Crippen LogP contribution is 2.24. The lowest BCUT2D eigenvalue weighted by molar-refractivity contribution is -0.155. The van der Waals surface area contributed by atoms with Crippen LogP contribution in [0.25, 0.3) is 0 Å². The molecule has 2 aliphatic rings. The molecule has 2 heterocycles. The Morgan fingerprint density at radius 3 is 2.42 bits per heavy atom. The number of urea groups is 1. The highest BCUT2D eigenvalue weighted by Gasteiger charge is 2.44. The molecular formula is C21H25N5O9S. The lowest BCUT2D eigenvalue weighted by Crippen LogP contribution is -2.64. The van der Waals surface area contributed by atoms with Gasteiger partial charge in [0.2, 0.25) is 11.8 Å². The molecule has 2 fully saturated rings. The van der Waals surface area contributed by atoms with E-state index < -0.39 is 58.1 Å². The van der Waals surface area contributed by atoms with Gasteiger partial charge >= 0.3 is 12.0 Å². The molecule has 0 aliphatic carbocycles. The second-order valence-corrected chi connectivity index (χ2v) is 10.3. The van der Waals surface area contributed by atoms with E-state index in [2.05, 4.69) is 10.7 Å². The summed E-state index contributed by atoms with van der Waals surface area (Å²) >= 11 is 0. The van der Waals surface area contributed by atoms with Crippen LogP contribution in [0.3, 0.4) is 0 Å². The first-order chi connectivity index (χ1) is 16.9. The van der Waals surface area contributed by atoms with Crippen LogP contribution in [0.2, 0.25) is 0 Å². The average molecular weight is 524 g/mol. The Morgan fingerprint density at radius 2 is 1.83 bits per heavy atom. The van der Waals surface area contributed by atoms with Crippen LogP contribution in [0.15, 0.2) is 29.2 Å². The summed E-state index contributed by atoms with van der Waals surface area (Å²) in [6.07, 6.45) is 0.985. The fourth-order valence-corrected chi connectivity index (χ4v) is 4.49. The van der Waals surface area contributed by atoms with Crippen LogP contribution in [-0.4, -0.2) is 96.0 Å². The molecule has 194 valence electrons. The Bertz CT molecular complexity index is 1180. The zero-order chi connectivity index (χ0) is 26.6. The maximum absolute atomic E-state index is 13.3. The van der Waals surface area contributed by atoms with Crippen molar-refractivity contribution >= 4 is 45.8 Å². The van der Waals surface area contributed by atoms with Gasteiger partial charge in [-0.2, -0.15) is 0 Å². The van der Waals surface area contributed by atoms with Crippen molar-refractivity contribution in [2.75, 3.05) is 19.3 Å². The number of aliphatic carboxylic acids is 1. The minimum atomic E-state index is -3.48. The zero-order valence-electron chi connectivity index (χ0n) is 19.2. The van der Waals surface area contributed by atoms with Crippen molar-refractivity contribution in [3.05, 3.63) is 29.8 Å². The standard InChI is InChI=1S/C21H25N5O9S/c1-36(34,35)15-6-4-13(5-7-15)19(31)23-24-10-8-17(28)25-9-2-3-16(26(25)21(24)33)20(32)22-14(12-27)11-18(29)30/h4-7,12,14,16H,2-3,8-11H2,1H3,(H,22,32)(H,23,31)(H,29,30). The molecule has 2 saturated heterocycles. The van der Waals surface area contributed by atoms with E-state index in [0.29, 0.717) is 6.42 Å². The summed E-state index contributed by atoms with van der Waals surface area (Å²) in [7, 11) is -3.48. The monoisotopic (exact) mass is 523 g/mol. The predicted molar refractivity (Wildman–Crippen MR) is 121 cm³/mol. The highest BCUT2D eigenvalue weighted by atomic mass is 32.2. The fourth-order valence-electron chi connectivity index (χ4n) is 3.86. The first kappa shape index (κ1) is 26.6. The van der Waals surface area contributed by atoms with Crippen molar-refractivity contribution < 1.29 is 42.3 Å². The number of aldehydes is 1. The number of hydrogen-bond acceptors (Lipinski definition) is 8. The lowest BCUT2D eigenvalue weighted by atomic mass is 10.1. The number of benzene rings is 1. The van der Waals surface area contributed by atoms with Crippen molar-refractivity contribution in [1.29, 1.82) is 0 Å². The maximum Gasteiger partial charge on any atom is 0.358 e. The third-order valence-electron chi connectivity index (χ3n) is 5.64. The molecule has 1 aromatic rings. The van der Waals surface area contributed by atoms with E-state index in [9.17, 15) is 37.2 Å². The predicted octanol–water partition coefficient (Wildman–Crippen LogP) is -1.07. The van der Waals surface area contributed by atoms with E-state index >= 15 is 0 Å². The van der Waals surface area contributed by atoms with Crippen molar-refractivity contribution in [3.63, 3.8) is 0 Å². The summed E-state index contributed by atoms with van der Waals surface area (Å²) < 4.78 is 23.2. The molecule has 36 heavy (non-hydrogen) atoms. The Balaban J connectivity index is 1.80. The van der Waals surface area contributed by atoms with Crippen molar-refractivity contribution in [2.24, 2.45) is 0 Å². The minimum absolute atomic E-state index is 0.00448. The highest BCUT2D eigenvalue weighted by molar-refractivity contribution is 7.90. The number of hydrogen-bond donors (Lipinski definition) is 3. The van der Waals surface area contributed by atoms with E-state index in [1.807, 2.05) is 0 Å². The van der Waals surface area contributed by atoms with Gasteiger partial charge in [-0.15, -0.1) is 0 Å². The number of carbonyl (C=O) groups is 6. The molecule has 1 aromatic carbocycles. The average Bonchev–Trinajstić information content (AvgIpc) is 2.94. The van der Waals surface area contributed by atoms with Gasteiger partial charge in [0.05, 0.1) is 23.9 Å². The topological polar surface area (TPSA) is 191 Å². The number of sulfone groups is 1. The number of hydrazine groups is 2. The normalized spacial score (nSPS) is 19.1. The van der Waals surface area contributed by atoms with Crippen LogP contribution >= 0.6 is 0 Å². The van der Waals surface area contributed by atoms with Crippen LogP contribution in [0, 0.1) is 0 Å². The Hall–Kier alpha value is -4.01. The van der Waals surface area contributed by atoms with Gasteiger partial charge in [0, 0.05) is 24.8 Å². The molecule has 3 N–H and O–H groups in total. The summed E-state index contributed by atoms with van der Waals surface area (Å²) in [6, 6.07) is 1.60. The van der Waals surface area contributed by atoms with Gasteiger partial charge < -0.3 is 15.2 Å². The first-order valence-electron chi connectivity index (χ1n) is 10.9. The second kappa shape index (κ2) is 10.7. The van der Waals surface area contributed by atoms with Crippen LogP contribution in [0.1, 0.15) is 36.0 Å². The second-order valence-electron chi connectivity index (χ2n) is 8.29. The third kappa shape index (κ3) is 5.97. The van der Waals surface area contributed by atoms with E-state index in [4.69, 9.17) is 5.11 Å². The van der Waals surface area contributed by atoms with E-state index in [-0.39, 0.29) is 42.7 Å². The molecule has 15 heteroatoms. The number of carboxylic acid groups (broad SMARTS) is 1. The molecule has 14 nitrogen and oxygen atoms in total. The molecule has 0 bridgehead atoms. The quantitative estimate of drug-likeness (QED) is 0.356. The summed E-state index contributed by atoms with van der Waals surface area (Å²) in [6.45, 7) is -0.0442. The van der Waals surface area contributed by atoms with E-state index in [1.54, 1.807) is 0 Å². The van der Waals surface area contributed by atoms with E-state index in [1.165, 1.54) is 24.3 Å². The first-order valence-corrected chi connectivity index (χ1v) is 12.8. The van der Waals surface area contributed by atoms with Crippen LogP contribution in [0.5, 0.6) is 0 Å². The van der Waals surface area contributed by atoms with Gasteiger partial charge in [-0.1, -0.05) is 0 Å². The van der Waals surface area contributed by atoms with Crippen LogP contribution in [0.4, 0.5) is 4.79 Å². The number of carbonyl (C=O) groups excluding carboxylic acids is 5. The number of nitrogens with one attached hydrogen (secondary N) is 2. The molecule has 0 aromatic heterocycles. The fraction of sp³-hybridized carbons (Fsp3) is 0.429. The number of nitrogens with zero attached hydrogens (tertiary/aromatic N) is 3. The number of carboxylic acids is 1. The van der Waals surface area contributed by atoms with Gasteiger partial charge in [0.25, 0.3) is 5.91 Å². The molecule has 5 amide bonds. The molecule has 0 saturated carbocycles. The van der Waals surface area contributed by atoms with Gasteiger partial charge in [0.15, 0.2) is 9.84 Å². The summed E-state index contributed by atoms with van der Waals surface area (Å²) in [5.74, 6) is -3.33. The smallest absolute Gasteiger partial charge is 0.358 e. The maximum atomic E-state index is 13.3. The summed E-state index contributed by atoms with van der Waals surface area (Å²) in [4.78, 5) is 73.8. The molecule has 0 spiro atoms. The summed E-state index contributed by atoms with van der Waals surface area (Å²) in [5, 5.41) is 14.1. The van der Waals surface area contributed by atoms with Crippen molar-refractivity contribution in [3.8, 4) is 0 Å². The van der Waals surface area contributed by atoms with Crippen LogP contribution in [-0.2, 0) is 29.0 Å².